The Morgan fingerprint density at radius 1 is 1.36 bits per heavy atom. The maximum absolute atomic E-state index is 13.0. The van der Waals surface area contributed by atoms with Crippen LogP contribution in [0.2, 0.25) is 0 Å². The van der Waals surface area contributed by atoms with Gasteiger partial charge in [0.1, 0.15) is 11.5 Å². The molecule has 0 radical (unpaired) electrons. The normalized spacial score (nSPS) is 16.5. The summed E-state index contributed by atoms with van der Waals surface area (Å²) in [5, 5.41) is 9.74. The minimum atomic E-state index is -0.103. The number of benzene rings is 1. The summed E-state index contributed by atoms with van der Waals surface area (Å²) in [6.45, 7) is 1.04. The molecule has 1 aliphatic heterocycles. The van der Waals surface area contributed by atoms with Crippen LogP contribution in [0.25, 0.3) is 0 Å². The van der Waals surface area contributed by atoms with Crippen molar-refractivity contribution in [3.8, 4) is 17.4 Å². The van der Waals surface area contributed by atoms with Gasteiger partial charge in [0, 0.05) is 36.8 Å². The van der Waals surface area contributed by atoms with Gasteiger partial charge in [-0.15, -0.1) is 0 Å². The van der Waals surface area contributed by atoms with E-state index in [4.69, 9.17) is 9.47 Å². The summed E-state index contributed by atoms with van der Waals surface area (Å²) in [6.07, 6.45) is 5.71. The highest BCUT2D eigenvalue weighted by Crippen LogP contribution is 2.27. The highest BCUT2D eigenvalue weighted by Gasteiger charge is 2.27. The van der Waals surface area contributed by atoms with Gasteiger partial charge in [0.15, 0.2) is 6.29 Å². The molecule has 1 fully saturated rings. The lowest BCUT2D eigenvalue weighted by Crippen LogP contribution is -2.44. The number of rotatable bonds is 7. The highest BCUT2D eigenvalue weighted by molar-refractivity contribution is 5.94. The Hall–Kier alpha value is -3.09. The summed E-state index contributed by atoms with van der Waals surface area (Å²) >= 11 is 0. The molecule has 1 N–H and O–H groups in total. The third-order valence-corrected chi connectivity index (χ3v) is 4.95. The van der Waals surface area contributed by atoms with Crippen LogP contribution in [0.4, 0.5) is 0 Å². The van der Waals surface area contributed by atoms with Gasteiger partial charge in [0.05, 0.1) is 19.3 Å². The molecule has 28 heavy (non-hydrogen) atoms. The van der Waals surface area contributed by atoms with E-state index in [1.807, 2.05) is 4.90 Å². The van der Waals surface area contributed by atoms with E-state index in [1.54, 1.807) is 30.5 Å². The SMILES string of the molecule is COc1cc(C(=O)N2CCCC[C@H]2CCOc2cccc(O)c2C=O)ccn1. The van der Waals surface area contributed by atoms with Crippen molar-refractivity contribution in [2.24, 2.45) is 0 Å². The zero-order chi connectivity index (χ0) is 19.9. The summed E-state index contributed by atoms with van der Waals surface area (Å²) in [6, 6.07) is 8.11. The number of ether oxygens (including phenoxy) is 2. The van der Waals surface area contributed by atoms with Crippen molar-refractivity contribution in [2.75, 3.05) is 20.3 Å². The van der Waals surface area contributed by atoms with Crippen LogP contribution in [0.3, 0.4) is 0 Å². The van der Waals surface area contributed by atoms with E-state index in [0.29, 0.717) is 43.1 Å². The fourth-order valence-corrected chi connectivity index (χ4v) is 3.47. The monoisotopic (exact) mass is 384 g/mol. The quantitative estimate of drug-likeness (QED) is 0.738. The number of aromatic hydroxyl groups is 1. The lowest BCUT2D eigenvalue weighted by atomic mass is 9.98. The fourth-order valence-electron chi connectivity index (χ4n) is 3.47. The second kappa shape index (κ2) is 9.21. The minimum absolute atomic E-state index is 0.0451. The molecule has 7 heteroatoms. The average molecular weight is 384 g/mol. The third-order valence-electron chi connectivity index (χ3n) is 4.95. The number of pyridine rings is 1. The molecule has 2 aromatic rings. The molecule has 3 rings (SSSR count). The zero-order valence-corrected chi connectivity index (χ0v) is 15.8. The smallest absolute Gasteiger partial charge is 0.254 e. The Labute approximate surface area is 163 Å². The Morgan fingerprint density at radius 3 is 3.00 bits per heavy atom. The molecule has 0 spiro atoms. The molecule has 1 saturated heterocycles. The molecular formula is C21H24N2O5. The van der Waals surface area contributed by atoms with Gasteiger partial charge in [-0.3, -0.25) is 9.59 Å². The number of hydrogen-bond acceptors (Lipinski definition) is 6. The molecule has 1 aromatic heterocycles. The molecule has 0 unspecified atom stereocenters. The Balaban J connectivity index is 1.66. The zero-order valence-electron chi connectivity index (χ0n) is 15.8. The first kappa shape index (κ1) is 19.7. The average Bonchev–Trinajstić information content (AvgIpc) is 2.74. The van der Waals surface area contributed by atoms with Crippen LogP contribution in [0.15, 0.2) is 36.5 Å². The Bertz CT molecular complexity index is 839. The van der Waals surface area contributed by atoms with Crippen molar-refractivity contribution >= 4 is 12.2 Å². The van der Waals surface area contributed by atoms with E-state index in [2.05, 4.69) is 4.98 Å². The van der Waals surface area contributed by atoms with Gasteiger partial charge in [0.2, 0.25) is 5.88 Å². The Kier molecular flexibility index (Phi) is 6.47. The van der Waals surface area contributed by atoms with Gasteiger partial charge in [-0.2, -0.15) is 0 Å². The third kappa shape index (κ3) is 4.42. The fraction of sp³-hybridized carbons (Fsp3) is 0.381. The van der Waals surface area contributed by atoms with Crippen LogP contribution >= 0.6 is 0 Å². The number of aldehydes is 1. The van der Waals surface area contributed by atoms with Crippen LogP contribution < -0.4 is 9.47 Å². The minimum Gasteiger partial charge on any atom is -0.507 e. The van der Waals surface area contributed by atoms with Crippen molar-refractivity contribution in [3.63, 3.8) is 0 Å². The van der Waals surface area contributed by atoms with Crippen LogP contribution in [0, 0.1) is 0 Å². The second-order valence-electron chi connectivity index (χ2n) is 6.68. The maximum Gasteiger partial charge on any atom is 0.254 e. The first-order valence-electron chi connectivity index (χ1n) is 9.35. The van der Waals surface area contributed by atoms with Crippen LogP contribution in [0.5, 0.6) is 17.4 Å². The van der Waals surface area contributed by atoms with Crippen LogP contribution in [-0.4, -0.2) is 53.5 Å². The number of likely N-dealkylation sites (tertiary alicyclic amines) is 1. The van der Waals surface area contributed by atoms with E-state index >= 15 is 0 Å². The van der Waals surface area contributed by atoms with Gasteiger partial charge < -0.3 is 19.5 Å². The maximum atomic E-state index is 13.0. The first-order chi connectivity index (χ1) is 13.6. The van der Waals surface area contributed by atoms with E-state index in [1.165, 1.54) is 13.2 Å². The van der Waals surface area contributed by atoms with Crippen molar-refractivity contribution in [1.82, 2.24) is 9.88 Å². The molecular weight excluding hydrogens is 360 g/mol. The van der Waals surface area contributed by atoms with Gasteiger partial charge in [-0.25, -0.2) is 4.98 Å². The van der Waals surface area contributed by atoms with Crippen molar-refractivity contribution in [3.05, 3.63) is 47.7 Å². The molecule has 148 valence electrons. The van der Waals surface area contributed by atoms with E-state index < -0.39 is 0 Å². The number of nitrogens with zero attached hydrogens (tertiary/aromatic N) is 2. The van der Waals surface area contributed by atoms with Crippen LogP contribution in [-0.2, 0) is 0 Å². The molecule has 1 amide bonds. The van der Waals surface area contributed by atoms with Gasteiger partial charge in [0.25, 0.3) is 5.91 Å². The number of carbonyl (C=O) groups is 2. The molecule has 0 saturated carbocycles. The lowest BCUT2D eigenvalue weighted by Gasteiger charge is -2.36. The summed E-state index contributed by atoms with van der Waals surface area (Å²) in [7, 11) is 1.52. The number of carbonyl (C=O) groups excluding carboxylic acids is 2. The highest BCUT2D eigenvalue weighted by atomic mass is 16.5. The number of methoxy groups -OCH3 is 1. The van der Waals surface area contributed by atoms with Crippen LogP contribution in [0.1, 0.15) is 46.4 Å². The number of amides is 1. The van der Waals surface area contributed by atoms with Crippen molar-refractivity contribution in [2.45, 2.75) is 31.7 Å². The molecule has 1 atom stereocenters. The number of aromatic nitrogens is 1. The predicted octanol–water partition coefficient (Wildman–Crippen LogP) is 3.07. The topological polar surface area (TPSA) is 89.0 Å². The van der Waals surface area contributed by atoms with Crippen molar-refractivity contribution < 1.29 is 24.2 Å². The lowest BCUT2D eigenvalue weighted by molar-refractivity contribution is 0.0580. The summed E-state index contributed by atoms with van der Waals surface area (Å²) in [4.78, 5) is 30.1. The van der Waals surface area contributed by atoms with Gasteiger partial charge >= 0.3 is 0 Å². The first-order valence-corrected chi connectivity index (χ1v) is 9.35. The molecule has 1 aliphatic rings. The van der Waals surface area contributed by atoms with E-state index in [-0.39, 0.29) is 23.3 Å². The standard InChI is InChI=1S/C21H24N2O5/c1-27-20-13-15(8-10-22-20)21(26)23-11-3-2-5-16(23)9-12-28-19-7-4-6-18(25)17(19)14-24/h4,6-8,10,13-14,16,25H,2-3,5,9,11-12H2,1H3/t16-/m0/s1. The number of phenols is 1. The molecule has 1 aromatic carbocycles. The summed E-state index contributed by atoms with van der Waals surface area (Å²) < 4.78 is 10.8. The molecule has 0 aliphatic carbocycles. The van der Waals surface area contributed by atoms with E-state index in [0.717, 1.165) is 19.3 Å². The number of phenolic OH excluding ortho intramolecular Hbond substituents is 1. The number of hydrogen-bond donors (Lipinski definition) is 1. The second-order valence-corrected chi connectivity index (χ2v) is 6.68. The van der Waals surface area contributed by atoms with Gasteiger partial charge in [-0.05, 0) is 37.5 Å². The van der Waals surface area contributed by atoms with Crippen molar-refractivity contribution in [1.29, 1.82) is 0 Å². The molecule has 0 bridgehead atoms. The molecule has 2 heterocycles. The number of piperidine rings is 1. The largest absolute Gasteiger partial charge is 0.507 e. The van der Waals surface area contributed by atoms with E-state index in [9.17, 15) is 14.7 Å². The molecule has 7 nitrogen and oxygen atoms in total. The summed E-state index contributed by atoms with van der Waals surface area (Å²) in [5.74, 6) is 0.612. The predicted molar refractivity (Wildman–Crippen MR) is 103 cm³/mol. The van der Waals surface area contributed by atoms with Gasteiger partial charge in [-0.1, -0.05) is 6.07 Å². The summed E-state index contributed by atoms with van der Waals surface area (Å²) in [5.41, 5.74) is 0.693. The Morgan fingerprint density at radius 2 is 2.21 bits per heavy atom.